The van der Waals surface area contributed by atoms with Crippen LogP contribution >= 0.6 is 0 Å². The number of rotatable bonds is 4. The monoisotopic (exact) mass is 249 g/mol. The zero-order valence-corrected chi connectivity index (χ0v) is 12.3. The van der Waals surface area contributed by atoms with E-state index in [-0.39, 0.29) is 0 Å². The molecule has 1 heterocycles. The van der Waals surface area contributed by atoms with Crippen molar-refractivity contribution in [3.05, 3.63) is 17.5 Å². The molecule has 0 spiro atoms. The molecule has 0 bridgehead atoms. The van der Waals surface area contributed by atoms with Crippen molar-refractivity contribution in [3.63, 3.8) is 0 Å². The predicted octanol–water partition coefficient (Wildman–Crippen LogP) is 3.27. The van der Waals surface area contributed by atoms with E-state index in [1.807, 2.05) is 0 Å². The molecule has 1 aromatic heterocycles. The lowest BCUT2D eigenvalue weighted by molar-refractivity contribution is 0.166. The van der Waals surface area contributed by atoms with Gasteiger partial charge in [-0.3, -0.25) is 4.68 Å². The molecule has 0 saturated heterocycles. The molecule has 1 aliphatic rings. The van der Waals surface area contributed by atoms with Gasteiger partial charge in [0.1, 0.15) is 0 Å². The minimum absolute atomic E-state index is 0.435. The van der Waals surface area contributed by atoms with Crippen LogP contribution in [0.1, 0.15) is 57.8 Å². The molecule has 0 aromatic carbocycles. The fraction of sp³-hybridized carbons (Fsp3) is 0.800. The van der Waals surface area contributed by atoms with E-state index in [9.17, 15) is 0 Å². The molecule has 3 heteroatoms. The molecular formula is C15H27N3. The fourth-order valence-electron chi connectivity index (χ4n) is 3.12. The molecule has 3 nitrogen and oxygen atoms in total. The van der Waals surface area contributed by atoms with Crippen molar-refractivity contribution in [2.24, 2.45) is 5.41 Å². The molecule has 1 N–H and O–H groups in total. The van der Waals surface area contributed by atoms with E-state index in [0.717, 1.165) is 18.8 Å². The highest BCUT2D eigenvalue weighted by atomic mass is 15.3. The molecule has 18 heavy (non-hydrogen) atoms. The Bertz CT molecular complexity index is 392. The van der Waals surface area contributed by atoms with Gasteiger partial charge in [-0.2, -0.15) is 5.10 Å². The van der Waals surface area contributed by atoms with Gasteiger partial charge < -0.3 is 5.32 Å². The summed E-state index contributed by atoms with van der Waals surface area (Å²) in [6.07, 6.45) is 5.41. The molecule has 0 aliphatic heterocycles. The Morgan fingerprint density at radius 1 is 1.44 bits per heavy atom. The van der Waals surface area contributed by atoms with Crippen LogP contribution in [0, 0.1) is 12.3 Å². The number of hydrogen-bond acceptors (Lipinski definition) is 2. The van der Waals surface area contributed by atoms with Crippen molar-refractivity contribution in [3.8, 4) is 0 Å². The average molecular weight is 249 g/mol. The maximum Gasteiger partial charge on any atom is 0.0597 e. The lowest BCUT2D eigenvalue weighted by atomic mass is 9.73. The van der Waals surface area contributed by atoms with Crippen molar-refractivity contribution in [1.82, 2.24) is 15.1 Å². The fourth-order valence-corrected chi connectivity index (χ4v) is 3.12. The summed E-state index contributed by atoms with van der Waals surface area (Å²) >= 11 is 0. The van der Waals surface area contributed by atoms with Crippen LogP contribution in [-0.2, 0) is 13.1 Å². The quantitative estimate of drug-likeness (QED) is 0.887. The average Bonchev–Trinajstić information content (AvgIpc) is 2.68. The molecule has 1 atom stereocenters. The molecule has 1 aliphatic carbocycles. The highest BCUT2D eigenvalue weighted by Crippen LogP contribution is 2.35. The second-order valence-corrected chi connectivity index (χ2v) is 6.26. The molecule has 1 unspecified atom stereocenters. The SMILES string of the molecule is CCn1nc(C)cc1CNC1CCCCC1(C)C. The Labute approximate surface area is 111 Å². The van der Waals surface area contributed by atoms with Gasteiger partial charge in [0.2, 0.25) is 0 Å². The zero-order chi connectivity index (χ0) is 13.2. The summed E-state index contributed by atoms with van der Waals surface area (Å²) in [5, 5.41) is 8.26. The normalized spacial score (nSPS) is 23.2. The summed E-state index contributed by atoms with van der Waals surface area (Å²) in [6, 6.07) is 2.85. The number of nitrogens with zero attached hydrogens (tertiary/aromatic N) is 2. The van der Waals surface area contributed by atoms with E-state index in [1.54, 1.807) is 0 Å². The lowest BCUT2D eigenvalue weighted by Gasteiger charge is -2.39. The van der Waals surface area contributed by atoms with Crippen LogP contribution in [0.3, 0.4) is 0 Å². The Balaban J connectivity index is 1.98. The van der Waals surface area contributed by atoms with Gasteiger partial charge in [0.05, 0.1) is 11.4 Å². The summed E-state index contributed by atoms with van der Waals surface area (Å²) in [6.45, 7) is 10.9. The topological polar surface area (TPSA) is 29.9 Å². The first-order valence-corrected chi connectivity index (χ1v) is 7.29. The van der Waals surface area contributed by atoms with Gasteiger partial charge in [-0.25, -0.2) is 0 Å². The first-order chi connectivity index (χ1) is 8.53. The van der Waals surface area contributed by atoms with Crippen LogP contribution < -0.4 is 5.32 Å². The van der Waals surface area contributed by atoms with Gasteiger partial charge in [-0.05, 0) is 38.2 Å². The molecule has 1 aromatic rings. The van der Waals surface area contributed by atoms with Gasteiger partial charge in [-0.1, -0.05) is 26.7 Å². The largest absolute Gasteiger partial charge is 0.308 e. The van der Waals surface area contributed by atoms with Crippen LogP contribution in [0.5, 0.6) is 0 Å². The van der Waals surface area contributed by atoms with Crippen LogP contribution in [-0.4, -0.2) is 15.8 Å². The molecule has 0 radical (unpaired) electrons. The van der Waals surface area contributed by atoms with E-state index < -0.39 is 0 Å². The highest BCUT2D eigenvalue weighted by molar-refractivity contribution is 5.09. The summed E-state index contributed by atoms with van der Waals surface area (Å²) in [7, 11) is 0. The maximum atomic E-state index is 4.51. The predicted molar refractivity (Wildman–Crippen MR) is 75.5 cm³/mol. The second kappa shape index (κ2) is 5.43. The van der Waals surface area contributed by atoms with Crippen LogP contribution in [0.4, 0.5) is 0 Å². The summed E-state index contributed by atoms with van der Waals surface area (Å²) < 4.78 is 2.11. The molecular weight excluding hydrogens is 222 g/mol. The summed E-state index contributed by atoms with van der Waals surface area (Å²) in [5.74, 6) is 0. The third-order valence-electron chi connectivity index (χ3n) is 4.32. The van der Waals surface area contributed by atoms with Gasteiger partial charge in [-0.15, -0.1) is 0 Å². The summed E-state index contributed by atoms with van der Waals surface area (Å²) in [4.78, 5) is 0. The zero-order valence-electron chi connectivity index (χ0n) is 12.3. The first-order valence-electron chi connectivity index (χ1n) is 7.29. The van der Waals surface area contributed by atoms with Crippen molar-refractivity contribution >= 4 is 0 Å². The Morgan fingerprint density at radius 2 is 2.22 bits per heavy atom. The van der Waals surface area contributed by atoms with Gasteiger partial charge >= 0.3 is 0 Å². The van der Waals surface area contributed by atoms with Gasteiger partial charge in [0.25, 0.3) is 0 Å². The number of aryl methyl sites for hydroxylation is 2. The second-order valence-electron chi connectivity index (χ2n) is 6.26. The molecule has 0 amide bonds. The lowest BCUT2D eigenvalue weighted by Crippen LogP contribution is -2.44. The molecule has 1 fully saturated rings. The van der Waals surface area contributed by atoms with Gasteiger partial charge in [0, 0.05) is 19.1 Å². The summed E-state index contributed by atoms with van der Waals surface area (Å²) in [5.41, 5.74) is 2.87. The van der Waals surface area contributed by atoms with E-state index in [4.69, 9.17) is 0 Å². The van der Waals surface area contributed by atoms with Crippen molar-refractivity contribution in [1.29, 1.82) is 0 Å². The molecule has 102 valence electrons. The van der Waals surface area contributed by atoms with E-state index in [2.05, 4.69) is 48.9 Å². The Kier molecular flexibility index (Phi) is 4.10. The van der Waals surface area contributed by atoms with Gasteiger partial charge in [0.15, 0.2) is 0 Å². The van der Waals surface area contributed by atoms with Crippen LogP contribution in [0.25, 0.3) is 0 Å². The van der Waals surface area contributed by atoms with Crippen LogP contribution in [0.2, 0.25) is 0 Å². The minimum atomic E-state index is 0.435. The van der Waals surface area contributed by atoms with E-state index in [0.29, 0.717) is 11.5 Å². The number of hydrogen-bond donors (Lipinski definition) is 1. The maximum absolute atomic E-state index is 4.51. The Hall–Kier alpha value is -0.830. The van der Waals surface area contributed by atoms with Crippen molar-refractivity contribution < 1.29 is 0 Å². The molecule has 1 saturated carbocycles. The Morgan fingerprint density at radius 3 is 2.89 bits per heavy atom. The molecule has 2 rings (SSSR count). The van der Waals surface area contributed by atoms with E-state index >= 15 is 0 Å². The third kappa shape index (κ3) is 2.94. The van der Waals surface area contributed by atoms with Crippen molar-refractivity contribution in [2.45, 2.75) is 72.5 Å². The van der Waals surface area contributed by atoms with Crippen molar-refractivity contribution in [2.75, 3.05) is 0 Å². The number of aromatic nitrogens is 2. The standard InChI is InChI=1S/C15H27N3/c1-5-18-13(10-12(2)17-18)11-16-14-8-6-7-9-15(14,3)4/h10,14,16H,5-9,11H2,1-4H3. The smallest absolute Gasteiger partial charge is 0.0597 e. The van der Waals surface area contributed by atoms with Crippen LogP contribution in [0.15, 0.2) is 6.07 Å². The first kappa shape index (κ1) is 13.6. The third-order valence-corrected chi connectivity index (χ3v) is 4.32. The highest BCUT2D eigenvalue weighted by Gasteiger charge is 2.31. The minimum Gasteiger partial charge on any atom is -0.308 e. The number of nitrogens with one attached hydrogen (secondary N) is 1. The van der Waals surface area contributed by atoms with E-state index in [1.165, 1.54) is 31.4 Å².